The first kappa shape index (κ1) is 23.1. The molecule has 0 spiro atoms. The molecule has 0 radical (unpaired) electrons. The molecule has 1 aliphatic rings. The molecule has 1 aliphatic heterocycles. The lowest BCUT2D eigenvalue weighted by Crippen LogP contribution is -2.39. The van der Waals surface area contributed by atoms with E-state index in [1.54, 1.807) is 91.9 Å². The average Bonchev–Trinajstić information content (AvgIpc) is 3.16. The summed E-state index contributed by atoms with van der Waals surface area (Å²) in [5.41, 5.74) is -0.117. The molecule has 4 aromatic rings. The standard InChI is InChI=1S/C27H19ClN4O4/c1-17-22(26(35)32(29-17)21-14-12-18(28)13-15-21)16-23-24(33)30(19-8-4-2-5-9-19)27(36)31(25(23)34)20-10-6-3-7-11-20/h2-16,33H,1H3/b22-16-. The number of para-hydroxylation sites is 2. The van der Waals surface area contributed by atoms with Gasteiger partial charge in [-0.1, -0.05) is 48.0 Å². The van der Waals surface area contributed by atoms with Crippen LogP contribution in [0.1, 0.15) is 12.5 Å². The zero-order valence-electron chi connectivity index (χ0n) is 19.0. The highest BCUT2D eigenvalue weighted by molar-refractivity contribution is 6.32. The second kappa shape index (κ2) is 9.16. The van der Waals surface area contributed by atoms with Crippen LogP contribution in [-0.4, -0.2) is 25.9 Å². The molecular weight excluding hydrogens is 480 g/mol. The number of hydrogen-bond acceptors (Lipinski definition) is 5. The molecule has 36 heavy (non-hydrogen) atoms. The van der Waals surface area contributed by atoms with Crippen LogP contribution in [-0.2, 0) is 4.79 Å². The Morgan fingerprint density at radius 2 is 1.33 bits per heavy atom. The van der Waals surface area contributed by atoms with Gasteiger partial charge in [0, 0.05) is 5.02 Å². The van der Waals surface area contributed by atoms with Crippen LogP contribution in [0.25, 0.3) is 17.5 Å². The van der Waals surface area contributed by atoms with Crippen molar-refractivity contribution in [3.63, 3.8) is 0 Å². The summed E-state index contributed by atoms with van der Waals surface area (Å²) >= 11 is 5.95. The largest absolute Gasteiger partial charge is 0.494 e. The third-order valence-corrected chi connectivity index (χ3v) is 5.97. The Balaban J connectivity index is 1.73. The van der Waals surface area contributed by atoms with Gasteiger partial charge in [-0.25, -0.2) is 13.9 Å². The first-order valence-corrected chi connectivity index (χ1v) is 11.3. The molecular formula is C27H19ClN4O4. The van der Waals surface area contributed by atoms with Gasteiger partial charge in [0.05, 0.1) is 28.3 Å². The quantitative estimate of drug-likeness (QED) is 0.427. The van der Waals surface area contributed by atoms with E-state index in [1.807, 2.05) is 0 Å². The molecule has 8 nitrogen and oxygen atoms in total. The number of hydrazone groups is 1. The maximum absolute atomic E-state index is 13.6. The van der Waals surface area contributed by atoms with E-state index in [0.29, 0.717) is 27.8 Å². The topological polar surface area (TPSA) is 96.9 Å². The lowest BCUT2D eigenvalue weighted by Gasteiger charge is -2.15. The number of amides is 1. The summed E-state index contributed by atoms with van der Waals surface area (Å²) in [5.74, 6) is -1.07. The lowest BCUT2D eigenvalue weighted by molar-refractivity contribution is -0.114. The number of halogens is 1. The third-order valence-electron chi connectivity index (χ3n) is 5.72. The molecule has 9 heteroatoms. The minimum atomic E-state index is -0.770. The van der Waals surface area contributed by atoms with E-state index < -0.39 is 23.0 Å². The number of aromatic hydroxyl groups is 1. The molecule has 1 aromatic heterocycles. The van der Waals surface area contributed by atoms with Crippen molar-refractivity contribution in [1.29, 1.82) is 0 Å². The molecule has 0 saturated carbocycles. The fourth-order valence-electron chi connectivity index (χ4n) is 3.94. The number of carbonyl (C=O) groups is 1. The molecule has 0 unspecified atom stereocenters. The third kappa shape index (κ3) is 3.93. The van der Waals surface area contributed by atoms with Crippen molar-refractivity contribution in [3.05, 3.63) is 122 Å². The van der Waals surface area contributed by atoms with Crippen LogP contribution in [0.5, 0.6) is 5.88 Å². The van der Waals surface area contributed by atoms with E-state index in [0.717, 1.165) is 9.13 Å². The second-order valence-electron chi connectivity index (χ2n) is 8.00. The van der Waals surface area contributed by atoms with Crippen LogP contribution < -0.4 is 16.3 Å². The fourth-order valence-corrected chi connectivity index (χ4v) is 4.07. The summed E-state index contributed by atoms with van der Waals surface area (Å²) < 4.78 is 1.99. The normalized spacial score (nSPS) is 14.4. The van der Waals surface area contributed by atoms with Gasteiger partial charge < -0.3 is 5.11 Å². The van der Waals surface area contributed by atoms with E-state index in [2.05, 4.69) is 5.10 Å². The van der Waals surface area contributed by atoms with Crippen LogP contribution in [0.3, 0.4) is 0 Å². The van der Waals surface area contributed by atoms with Crippen LogP contribution in [0.15, 0.2) is 105 Å². The Labute approximate surface area is 210 Å². The highest BCUT2D eigenvalue weighted by Gasteiger charge is 2.30. The van der Waals surface area contributed by atoms with Gasteiger partial charge in [0.25, 0.3) is 11.5 Å². The monoisotopic (exact) mass is 498 g/mol. The first-order valence-electron chi connectivity index (χ1n) is 11.0. The smallest absolute Gasteiger partial charge is 0.343 e. The van der Waals surface area contributed by atoms with Crippen LogP contribution in [0.4, 0.5) is 5.69 Å². The number of benzene rings is 3. The minimum Gasteiger partial charge on any atom is -0.494 e. The van der Waals surface area contributed by atoms with Gasteiger partial charge in [0.2, 0.25) is 5.88 Å². The summed E-state index contributed by atoms with van der Waals surface area (Å²) in [6, 6.07) is 23.4. The molecule has 3 aromatic carbocycles. The summed E-state index contributed by atoms with van der Waals surface area (Å²) in [4.78, 5) is 40.2. The van der Waals surface area contributed by atoms with E-state index in [1.165, 1.54) is 11.1 Å². The summed E-state index contributed by atoms with van der Waals surface area (Å²) in [6.07, 6.45) is 1.27. The molecule has 1 N–H and O–H groups in total. The number of anilines is 1. The van der Waals surface area contributed by atoms with Crippen LogP contribution >= 0.6 is 11.6 Å². The average molecular weight is 499 g/mol. The maximum atomic E-state index is 13.6. The van der Waals surface area contributed by atoms with E-state index in [-0.39, 0.29) is 11.1 Å². The SMILES string of the molecule is CC1=NN(c2ccc(Cl)cc2)C(=O)/C1=C\c1c(O)n(-c2ccccc2)c(=O)n(-c2ccccc2)c1=O. The van der Waals surface area contributed by atoms with E-state index in [9.17, 15) is 19.5 Å². The van der Waals surface area contributed by atoms with Gasteiger partial charge in [0.15, 0.2) is 0 Å². The minimum absolute atomic E-state index is 0.107. The van der Waals surface area contributed by atoms with Gasteiger partial charge in [-0.15, -0.1) is 0 Å². The Morgan fingerprint density at radius 1 is 0.778 bits per heavy atom. The van der Waals surface area contributed by atoms with Crippen molar-refractivity contribution < 1.29 is 9.90 Å². The predicted octanol–water partition coefficient (Wildman–Crippen LogP) is 4.15. The number of hydrogen-bond donors (Lipinski definition) is 1. The van der Waals surface area contributed by atoms with Gasteiger partial charge in [-0.3, -0.25) is 9.59 Å². The van der Waals surface area contributed by atoms with Gasteiger partial charge >= 0.3 is 5.69 Å². The molecule has 0 atom stereocenters. The number of aromatic nitrogens is 2. The molecule has 2 heterocycles. The van der Waals surface area contributed by atoms with Gasteiger partial charge in [-0.2, -0.15) is 10.1 Å². The van der Waals surface area contributed by atoms with Gasteiger partial charge in [-0.05, 0) is 61.5 Å². The van der Waals surface area contributed by atoms with Crippen molar-refractivity contribution >= 4 is 35.0 Å². The predicted molar refractivity (Wildman–Crippen MR) is 139 cm³/mol. The van der Waals surface area contributed by atoms with Gasteiger partial charge in [0.1, 0.15) is 5.56 Å². The zero-order valence-corrected chi connectivity index (χ0v) is 19.8. The Bertz CT molecular complexity index is 1650. The molecule has 0 fully saturated rings. The fraction of sp³-hybridized carbons (Fsp3) is 0.0370. The molecule has 0 aliphatic carbocycles. The summed E-state index contributed by atoms with van der Waals surface area (Å²) in [5, 5.41) is 17.2. The first-order chi connectivity index (χ1) is 17.4. The Hall–Kier alpha value is -4.69. The molecule has 0 bridgehead atoms. The lowest BCUT2D eigenvalue weighted by atomic mass is 10.1. The molecule has 178 valence electrons. The highest BCUT2D eigenvalue weighted by Crippen LogP contribution is 2.27. The summed E-state index contributed by atoms with van der Waals surface area (Å²) in [7, 11) is 0. The van der Waals surface area contributed by atoms with Crippen LogP contribution in [0, 0.1) is 0 Å². The summed E-state index contributed by atoms with van der Waals surface area (Å²) in [6.45, 7) is 1.62. The molecule has 5 rings (SSSR count). The van der Waals surface area contributed by atoms with Crippen molar-refractivity contribution in [2.75, 3.05) is 5.01 Å². The van der Waals surface area contributed by atoms with Crippen molar-refractivity contribution in [3.8, 4) is 17.3 Å². The number of carbonyl (C=O) groups excluding carboxylic acids is 1. The Morgan fingerprint density at radius 3 is 1.92 bits per heavy atom. The van der Waals surface area contributed by atoms with Crippen molar-refractivity contribution in [1.82, 2.24) is 9.13 Å². The number of rotatable bonds is 4. The van der Waals surface area contributed by atoms with Crippen LogP contribution in [0.2, 0.25) is 5.02 Å². The highest BCUT2D eigenvalue weighted by atomic mass is 35.5. The molecule has 1 amide bonds. The maximum Gasteiger partial charge on any atom is 0.343 e. The van der Waals surface area contributed by atoms with Crippen molar-refractivity contribution in [2.24, 2.45) is 5.10 Å². The zero-order chi connectivity index (χ0) is 25.4. The Kier molecular flexibility index (Phi) is 5.87. The second-order valence-corrected chi connectivity index (χ2v) is 8.44. The van der Waals surface area contributed by atoms with E-state index >= 15 is 0 Å². The van der Waals surface area contributed by atoms with Crippen molar-refractivity contribution in [2.45, 2.75) is 6.92 Å². The molecule has 0 saturated heterocycles. The van der Waals surface area contributed by atoms with E-state index in [4.69, 9.17) is 11.6 Å². The number of nitrogens with zero attached hydrogens (tertiary/aromatic N) is 4.